The van der Waals surface area contributed by atoms with Crippen molar-refractivity contribution >= 4 is 29.9 Å². The predicted octanol–water partition coefficient (Wildman–Crippen LogP) is 2.01. The van der Waals surface area contributed by atoms with E-state index in [-0.39, 0.29) is 24.0 Å². The molecule has 5 nitrogen and oxygen atoms in total. The van der Waals surface area contributed by atoms with Crippen molar-refractivity contribution in [3.05, 3.63) is 0 Å². The van der Waals surface area contributed by atoms with E-state index in [1.807, 2.05) is 0 Å². The molecular weight excluding hydrogens is 391 g/mol. The minimum absolute atomic E-state index is 0. The minimum Gasteiger partial charge on any atom is -0.378 e. The second-order valence-corrected chi connectivity index (χ2v) is 6.77. The zero-order valence-corrected chi connectivity index (χ0v) is 16.5. The number of nitrogens with two attached hydrogens (primary N) is 1. The highest BCUT2D eigenvalue weighted by molar-refractivity contribution is 14.0. The molecule has 0 spiro atoms. The van der Waals surface area contributed by atoms with Gasteiger partial charge in [0.05, 0.1) is 13.2 Å². The van der Waals surface area contributed by atoms with Crippen LogP contribution in [0.3, 0.4) is 0 Å². The van der Waals surface area contributed by atoms with Gasteiger partial charge in [-0.15, -0.1) is 24.0 Å². The van der Waals surface area contributed by atoms with E-state index in [0.29, 0.717) is 11.9 Å². The van der Waals surface area contributed by atoms with Gasteiger partial charge in [-0.05, 0) is 50.7 Å². The van der Waals surface area contributed by atoms with Crippen molar-refractivity contribution in [2.45, 2.75) is 33.1 Å². The lowest BCUT2D eigenvalue weighted by molar-refractivity contribution is 0.0673. The molecule has 0 aromatic heterocycles. The molecule has 22 heavy (non-hydrogen) atoms. The second kappa shape index (κ2) is 10.6. The molecule has 2 rings (SSSR count). The molecule has 0 atom stereocenters. The summed E-state index contributed by atoms with van der Waals surface area (Å²) < 4.78 is 5.34. The highest BCUT2D eigenvalue weighted by Gasteiger charge is 2.19. The van der Waals surface area contributed by atoms with Crippen LogP contribution in [0.5, 0.6) is 0 Å². The Morgan fingerprint density at radius 3 is 2.41 bits per heavy atom. The number of hydrogen-bond donors (Lipinski definition) is 1. The third-order valence-electron chi connectivity index (χ3n) is 4.58. The minimum atomic E-state index is 0. The average molecular weight is 424 g/mol. The van der Waals surface area contributed by atoms with E-state index in [1.165, 1.54) is 38.9 Å². The van der Waals surface area contributed by atoms with Crippen LogP contribution in [0.25, 0.3) is 0 Å². The normalized spacial score (nSPS) is 22.0. The summed E-state index contributed by atoms with van der Waals surface area (Å²) in [5.74, 6) is 2.22. The van der Waals surface area contributed by atoms with Crippen molar-refractivity contribution in [2.75, 3.05) is 52.5 Å². The zero-order valence-electron chi connectivity index (χ0n) is 14.2. The van der Waals surface area contributed by atoms with Gasteiger partial charge in [0, 0.05) is 19.6 Å². The SMILES string of the molecule is CC(C)CCN1CCC(CN=C(N)N2CCOCC2)CC1.I. The fourth-order valence-electron chi connectivity index (χ4n) is 2.95. The molecule has 130 valence electrons. The van der Waals surface area contributed by atoms with Crippen molar-refractivity contribution in [2.24, 2.45) is 22.6 Å². The van der Waals surface area contributed by atoms with Crippen LogP contribution in [-0.4, -0.2) is 68.2 Å². The standard InChI is InChI=1S/C16H32N4O.HI/c1-14(2)3-6-19-7-4-15(5-8-19)13-18-16(17)20-9-11-21-12-10-20;/h14-15H,3-13H2,1-2H3,(H2,17,18);1H. The molecule has 0 saturated carbocycles. The summed E-state index contributed by atoms with van der Waals surface area (Å²) in [5.41, 5.74) is 6.08. The molecule has 0 unspecified atom stereocenters. The smallest absolute Gasteiger partial charge is 0.191 e. The van der Waals surface area contributed by atoms with E-state index < -0.39 is 0 Å². The van der Waals surface area contributed by atoms with Crippen LogP contribution in [0, 0.1) is 11.8 Å². The van der Waals surface area contributed by atoms with Crippen molar-refractivity contribution in [3.63, 3.8) is 0 Å². The molecular formula is C16H33IN4O. The van der Waals surface area contributed by atoms with Gasteiger partial charge in [-0.2, -0.15) is 0 Å². The number of morpholine rings is 1. The number of hydrogen-bond acceptors (Lipinski definition) is 3. The van der Waals surface area contributed by atoms with Gasteiger partial charge in [-0.3, -0.25) is 4.99 Å². The molecule has 0 radical (unpaired) electrons. The van der Waals surface area contributed by atoms with Crippen LogP contribution in [-0.2, 0) is 4.74 Å². The number of guanidine groups is 1. The monoisotopic (exact) mass is 424 g/mol. The van der Waals surface area contributed by atoms with E-state index in [1.54, 1.807) is 0 Å². The fraction of sp³-hybridized carbons (Fsp3) is 0.938. The van der Waals surface area contributed by atoms with Crippen LogP contribution in [0.15, 0.2) is 4.99 Å². The summed E-state index contributed by atoms with van der Waals surface area (Å²) >= 11 is 0. The summed E-state index contributed by atoms with van der Waals surface area (Å²) in [5, 5.41) is 0. The molecule has 0 amide bonds. The first-order valence-corrected chi connectivity index (χ1v) is 8.50. The second-order valence-electron chi connectivity index (χ2n) is 6.77. The Kier molecular flexibility index (Phi) is 9.66. The summed E-state index contributed by atoms with van der Waals surface area (Å²) in [6.45, 7) is 12.5. The Morgan fingerprint density at radius 2 is 1.82 bits per heavy atom. The van der Waals surface area contributed by atoms with Gasteiger partial charge in [0.1, 0.15) is 0 Å². The number of aliphatic imine (C=N–C) groups is 1. The Hall–Kier alpha value is -0.0800. The largest absolute Gasteiger partial charge is 0.378 e. The molecule has 2 N–H and O–H groups in total. The number of likely N-dealkylation sites (tertiary alicyclic amines) is 1. The first-order valence-electron chi connectivity index (χ1n) is 8.50. The third-order valence-corrected chi connectivity index (χ3v) is 4.58. The highest BCUT2D eigenvalue weighted by atomic mass is 127. The van der Waals surface area contributed by atoms with Crippen LogP contribution in [0.1, 0.15) is 33.1 Å². The number of halogens is 1. The molecule has 2 aliphatic rings. The Bertz CT molecular complexity index is 324. The van der Waals surface area contributed by atoms with E-state index in [9.17, 15) is 0 Å². The number of nitrogens with zero attached hydrogens (tertiary/aromatic N) is 3. The van der Waals surface area contributed by atoms with Crippen LogP contribution >= 0.6 is 24.0 Å². The number of piperidine rings is 1. The quantitative estimate of drug-likeness (QED) is 0.417. The predicted molar refractivity (Wildman–Crippen MR) is 103 cm³/mol. The molecule has 2 saturated heterocycles. The van der Waals surface area contributed by atoms with Crippen molar-refractivity contribution in [1.82, 2.24) is 9.80 Å². The molecule has 6 heteroatoms. The molecule has 0 aliphatic carbocycles. The number of ether oxygens (including phenoxy) is 1. The Labute approximate surface area is 152 Å². The van der Waals surface area contributed by atoms with Gasteiger partial charge >= 0.3 is 0 Å². The summed E-state index contributed by atoms with van der Waals surface area (Å²) in [4.78, 5) is 9.36. The van der Waals surface area contributed by atoms with E-state index in [2.05, 4.69) is 28.6 Å². The molecule has 2 aliphatic heterocycles. The molecule has 2 fully saturated rings. The van der Waals surface area contributed by atoms with Gasteiger partial charge < -0.3 is 20.3 Å². The van der Waals surface area contributed by atoms with E-state index in [4.69, 9.17) is 10.5 Å². The molecule has 0 bridgehead atoms. The first-order chi connectivity index (χ1) is 10.1. The summed E-state index contributed by atoms with van der Waals surface area (Å²) in [6.07, 6.45) is 3.84. The molecule has 0 aromatic carbocycles. The maximum atomic E-state index is 6.08. The van der Waals surface area contributed by atoms with Gasteiger partial charge in [-0.25, -0.2) is 0 Å². The first kappa shape index (κ1) is 20.0. The van der Waals surface area contributed by atoms with Crippen molar-refractivity contribution < 1.29 is 4.74 Å². The number of rotatable bonds is 5. The maximum Gasteiger partial charge on any atom is 0.191 e. The average Bonchev–Trinajstić information content (AvgIpc) is 2.52. The lowest BCUT2D eigenvalue weighted by atomic mass is 9.96. The van der Waals surface area contributed by atoms with Crippen LogP contribution in [0.2, 0.25) is 0 Å². The Balaban J connectivity index is 0.00000242. The maximum absolute atomic E-state index is 6.08. The highest BCUT2D eigenvalue weighted by Crippen LogP contribution is 2.18. The summed E-state index contributed by atoms with van der Waals surface area (Å²) in [6, 6.07) is 0. The van der Waals surface area contributed by atoms with Gasteiger partial charge in [-0.1, -0.05) is 13.8 Å². The third kappa shape index (κ3) is 7.00. The Morgan fingerprint density at radius 1 is 1.18 bits per heavy atom. The van der Waals surface area contributed by atoms with Crippen LogP contribution in [0.4, 0.5) is 0 Å². The summed E-state index contributed by atoms with van der Waals surface area (Å²) in [7, 11) is 0. The van der Waals surface area contributed by atoms with Crippen molar-refractivity contribution in [3.8, 4) is 0 Å². The van der Waals surface area contributed by atoms with Gasteiger partial charge in [0.15, 0.2) is 5.96 Å². The van der Waals surface area contributed by atoms with Crippen molar-refractivity contribution in [1.29, 1.82) is 0 Å². The fourth-order valence-corrected chi connectivity index (χ4v) is 2.95. The lowest BCUT2D eigenvalue weighted by Crippen LogP contribution is -2.45. The lowest BCUT2D eigenvalue weighted by Gasteiger charge is -2.32. The zero-order chi connectivity index (χ0) is 15.1. The molecule has 0 aromatic rings. The van der Waals surface area contributed by atoms with Gasteiger partial charge in [0.2, 0.25) is 0 Å². The topological polar surface area (TPSA) is 54.1 Å². The molecule has 2 heterocycles. The van der Waals surface area contributed by atoms with E-state index >= 15 is 0 Å². The van der Waals surface area contributed by atoms with E-state index in [0.717, 1.165) is 38.8 Å². The van der Waals surface area contributed by atoms with Gasteiger partial charge in [0.25, 0.3) is 0 Å². The van der Waals surface area contributed by atoms with Crippen LogP contribution < -0.4 is 5.73 Å².